The maximum absolute atomic E-state index is 13.1. The van der Waals surface area contributed by atoms with Crippen molar-refractivity contribution in [3.63, 3.8) is 0 Å². The van der Waals surface area contributed by atoms with Crippen molar-refractivity contribution >= 4 is 38.5 Å². The van der Waals surface area contributed by atoms with Crippen LogP contribution in [0.2, 0.25) is 0 Å². The van der Waals surface area contributed by atoms with Crippen LogP contribution < -0.4 is 10.5 Å². The van der Waals surface area contributed by atoms with Gasteiger partial charge in [-0.25, -0.2) is 4.79 Å². The summed E-state index contributed by atoms with van der Waals surface area (Å²) in [6.07, 6.45) is 0.0740. The first-order valence-corrected chi connectivity index (χ1v) is 13.7. The van der Waals surface area contributed by atoms with Gasteiger partial charge in [0.05, 0.1) is 23.1 Å². The maximum atomic E-state index is 13.1. The van der Waals surface area contributed by atoms with Gasteiger partial charge in [0.2, 0.25) is 5.12 Å². The molecule has 0 bridgehead atoms. The van der Waals surface area contributed by atoms with E-state index in [1.165, 1.54) is 0 Å². The molecule has 2 N–H and O–H groups in total. The number of likely N-dealkylation sites (tertiary alicyclic amines) is 1. The second-order valence-corrected chi connectivity index (χ2v) is 10.5. The molecule has 5 rings (SSSR count). The number of amides is 1. The Morgan fingerprint density at radius 3 is 2.55 bits per heavy atom. The number of anilines is 1. The average Bonchev–Trinajstić information content (AvgIpc) is 3.42. The highest BCUT2D eigenvalue weighted by atomic mass is 32.2. The number of benzene rings is 4. The Morgan fingerprint density at radius 1 is 0.947 bits per heavy atom. The second-order valence-electron chi connectivity index (χ2n) is 9.18. The summed E-state index contributed by atoms with van der Waals surface area (Å²) in [5, 5.41) is 1.25. The summed E-state index contributed by atoms with van der Waals surface area (Å²) in [6, 6.07) is 27.6. The Labute approximate surface area is 223 Å². The van der Waals surface area contributed by atoms with Crippen molar-refractivity contribution in [3.8, 4) is 5.75 Å². The van der Waals surface area contributed by atoms with Crippen LogP contribution in [0.3, 0.4) is 0 Å². The van der Waals surface area contributed by atoms with Gasteiger partial charge >= 0.3 is 6.09 Å². The molecule has 2 atom stereocenters. The zero-order valence-corrected chi connectivity index (χ0v) is 21.6. The van der Waals surface area contributed by atoms with E-state index in [-0.39, 0.29) is 24.6 Å². The minimum atomic E-state index is -1.82. The normalized spacial score (nSPS) is 15.8. The fourth-order valence-electron chi connectivity index (χ4n) is 4.51. The van der Waals surface area contributed by atoms with Crippen molar-refractivity contribution in [1.29, 1.82) is 0 Å². The highest BCUT2D eigenvalue weighted by molar-refractivity contribution is 8.00. The highest BCUT2D eigenvalue weighted by Crippen LogP contribution is 2.26. The number of nitrogens with two attached hydrogens (primary N) is 1. The van der Waals surface area contributed by atoms with Gasteiger partial charge in [-0.2, -0.15) is 0 Å². The number of nitrogens with zero attached hydrogens (tertiary/aromatic N) is 1. The molecule has 1 aliphatic rings. The van der Waals surface area contributed by atoms with E-state index in [2.05, 4.69) is 0 Å². The van der Waals surface area contributed by atoms with Gasteiger partial charge in [-0.3, -0.25) is 9.00 Å². The van der Waals surface area contributed by atoms with Gasteiger partial charge in [-0.1, -0.05) is 66.7 Å². The molecule has 7 nitrogen and oxygen atoms in total. The lowest BCUT2D eigenvalue weighted by Crippen LogP contribution is -2.31. The molecule has 0 aliphatic carbocycles. The Bertz CT molecular complexity index is 1490. The minimum absolute atomic E-state index is 0.0201. The summed E-state index contributed by atoms with van der Waals surface area (Å²) in [5.41, 5.74) is 8.52. The fourth-order valence-corrected chi connectivity index (χ4v) is 5.59. The molecule has 1 amide bonds. The molecule has 1 heterocycles. The predicted molar refractivity (Wildman–Crippen MR) is 148 cm³/mol. The molecule has 2 unspecified atom stereocenters. The van der Waals surface area contributed by atoms with Crippen molar-refractivity contribution in [3.05, 3.63) is 108 Å². The molecule has 0 aromatic heterocycles. The first kappa shape index (κ1) is 25.5. The second kappa shape index (κ2) is 11.5. The van der Waals surface area contributed by atoms with Crippen LogP contribution in [0.4, 0.5) is 10.5 Å². The van der Waals surface area contributed by atoms with E-state index in [9.17, 15) is 13.8 Å². The van der Waals surface area contributed by atoms with Crippen LogP contribution in [-0.2, 0) is 27.9 Å². The molecule has 38 heavy (non-hydrogen) atoms. The smallest absolute Gasteiger partial charge is 0.410 e. The Kier molecular flexibility index (Phi) is 7.70. The topological polar surface area (TPSA) is 98.9 Å². The third kappa shape index (κ3) is 5.86. The lowest BCUT2D eigenvalue weighted by atomic mass is 10.1. The van der Waals surface area contributed by atoms with E-state index < -0.39 is 15.9 Å². The number of ether oxygens (including phenoxy) is 2. The molecule has 1 aliphatic heterocycles. The molecular formula is C30H28N2O5S. The molecule has 0 saturated carbocycles. The van der Waals surface area contributed by atoms with Gasteiger partial charge in [0.25, 0.3) is 0 Å². The summed E-state index contributed by atoms with van der Waals surface area (Å²) >= 11 is 0. The highest BCUT2D eigenvalue weighted by Gasteiger charge is 2.29. The zero-order valence-electron chi connectivity index (χ0n) is 20.7. The van der Waals surface area contributed by atoms with Crippen LogP contribution in [-0.4, -0.2) is 39.5 Å². The summed E-state index contributed by atoms with van der Waals surface area (Å²) in [4.78, 5) is 27.2. The van der Waals surface area contributed by atoms with Gasteiger partial charge in [-0.15, -0.1) is 0 Å². The monoisotopic (exact) mass is 528 g/mol. The van der Waals surface area contributed by atoms with Crippen molar-refractivity contribution in [2.45, 2.75) is 24.9 Å². The van der Waals surface area contributed by atoms with Gasteiger partial charge in [0.15, 0.2) is 0 Å². The minimum Gasteiger partial charge on any atom is -0.489 e. The van der Waals surface area contributed by atoms with Crippen LogP contribution in [0.25, 0.3) is 10.8 Å². The summed E-state index contributed by atoms with van der Waals surface area (Å²) in [7, 11) is -1.82. The van der Waals surface area contributed by atoms with Crippen LogP contribution in [0.1, 0.15) is 27.9 Å². The number of hydrogen-bond acceptors (Lipinski definition) is 6. The predicted octanol–water partition coefficient (Wildman–Crippen LogP) is 5.30. The molecule has 4 aromatic rings. The SMILES string of the molecule is Nc1ccc(OC2CCN(C(=O)OCc3ccccc3)C2)cc1CS(=O)C(=O)c1cccc2ccccc12. The largest absolute Gasteiger partial charge is 0.489 e. The van der Waals surface area contributed by atoms with Crippen molar-refractivity contribution in [2.24, 2.45) is 0 Å². The summed E-state index contributed by atoms with van der Waals surface area (Å²) < 4.78 is 24.6. The number of fused-ring (bicyclic) bond motifs is 1. The standard InChI is InChI=1S/C30H28N2O5S/c31-28-14-13-24(37-25-15-16-32(18-25)30(34)36-19-21-7-2-1-3-8-21)17-23(28)20-38(35)29(33)27-12-6-10-22-9-4-5-11-26(22)27/h1-14,17,25H,15-16,18-20,31H2. The quantitative estimate of drug-likeness (QED) is 0.327. The number of carbonyl (C=O) groups is 2. The van der Waals surface area contributed by atoms with Crippen molar-refractivity contribution in [2.75, 3.05) is 18.8 Å². The van der Waals surface area contributed by atoms with Crippen molar-refractivity contribution in [1.82, 2.24) is 4.90 Å². The van der Waals surface area contributed by atoms with E-state index in [1.807, 2.05) is 60.7 Å². The number of carbonyl (C=O) groups excluding carboxylic acids is 2. The van der Waals surface area contributed by atoms with E-state index in [0.717, 1.165) is 16.3 Å². The molecular weight excluding hydrogens is 500 g/mol. The summed E-state index contributed by atoms with van der Waals surface area (Å²) in [6.45, 7) is 1.15. The molecule has 194 valence electrons. The first-order chi connectivity index (χ1) is 18.5. The van der Waals surface area contributed by atoms with Crippen LogP contribution in [0.5, 0.6) is 5.75 Å². The number of nitrogen functional groups attached to an aromatic ring is 1. The van der Waals surface area contributed by atoms with Crippen LogP contribution in [0.15, 0.2) is 91.0 Å². The molecule has 0 radical (unpaired) electrons. The average molecular weight is 529 g/mol. The molecule has 8 heteroatoms. The van der Waals surface area contributed by atoms with Gasteiger partial charge < -0.3 is 20.1 Å². The molecule has 4 aromatic carbocycles. The van der Waals surface area contributed by atoms with Crippen LogP contribution >= 0.6 is 0 Å². The van der Waals surface area contributed by atoms with E-state index in [0.29, 0.717) is 42.1 Å². The van der Waals surface area contributed by atoms with Crippen molar-refractivity contribution < 1.29 is 23.3 Å². The third-order valence-electron chi connectivity index (χ3n) is 6.53. The van der Waals surface area contributed by atoms with Crippen LogP contribution in [0, 0.1) is 0 Å². The maximum Gasteiger partial charge on any atom is 0.410 e. The Hall–Kier alpha value is -4.17. The third-order valence-corrected chi connectivity index (χ3v) is 7.74. The lowest BCUT2D eigenvalue weighted by Gasteiger charge is -2.18. The fraction of sp³-hybridized carbons (Fsp3) is 0.200. The van der Waals surface area contributed by atoms with E-state index in [1.54, 1.807) is 35.2 Å². The molecule has 1 fully saturated rings. The Balaban J connectivity index is 1.20. The Morgan fingerprint density at radius 2 is 1.71 bits per heavy atom. The number of rotatable bonds is 7. The van der Waals surface area contributed by atoms with Gasteiger partial charge in [-0.05, 0) is 46.2 Å². The van der Waals surface area contributed by atoms with E-state index in [4.69, 9.17) is 15.2 Å². The van der Waals surface area contributed by atoms with E-state index >= 15 is 0 Å². The zero-order chi connectivity index (χ0) is 26.5. The summed E-state index contributed by atoms with van der Waals surface area (Å²) in [5.74, 6) is 0.529. The van der Waals surface area contributed by atoms with Gasteiger partial charge in [0, 0.05) is 24.2 Å². The first-order valence-electron chi connectivity index (χ1n) is 12.4. The lowest BCUT2D eigenvalue weighted by molar-refractivity contribution is 0.0991. The van der Waals surface area contributed by atoms with Gasteiger partial charge in [0.1, 0.15) is 18.5 Å². The molecule has 0 spiro atoms. The molecule has 1 saturated heterocycles. The number of hydrogen-bond donors (Lipinski definition) is 1.